The summed E-state index contributed by atoms with van der Waals surface area (Å²) in [6.07, 6.45) is 8.15. The van der Waals surface area contributed by atoms with Crippen LogP contribution in [-0.4, -0.2) is 38.6 Å². The van der Waals surface area contributed by atoms with Crippen LogP contribution in [0.15, 0.2) is 24.5 Å². The zero-order valence-electron chi connectivity index (χ0n) is 17.5. The standard InChI is InChI=1S/C23H26N6O2/c24-22(30)16(15-2-3-15)10-14-11-18-21-20(12-14)31-9-1-7-29(21)23(27-18)28-8-4-17-19(13-28)26-6-5-25-17/h5-6,11-12,15-16H,1-4,7-10,13H2,(H2,24,30)/t16-/m0/s1. The number of nitrogens with two attached hydrogens (primary N) is 1. The van der Waals surface area contributed by atoms with E-state index in [4.69, 9.17) is 15.5 Å². The molecule has 6 rings (SSSR count). The summed E-state index contributed by atoms with van der Waals surface area (Å²) in [4.78, 5) is 28.3. The summed E-state index contributed by atoms with van der Waals surface area (Å²) in [7, 11) is 0. The first-order valence-electron chi connectivity index (χ1n) is 11.2. The molecule has 2 N–H and O–H groups in total. The van der Waals surface area contributed by atoms with Crippen molar-refractivity contribution >= 4 is 22.9 Å². The number of carbonyl (C=O) groups excluding carboxylic acids is 1. The minimum absolute atomic E-state index is 0.103. The normalized spacial score (nSPS) is 18.9. The van der Waals surface area contributed by atoms with Gasteiger partial charge in [0.15, 0.2) is 0 Å². The van der Waals surface area contributed by atoms with E-state index < -0.39 is 0 Å². The highest BCUT2D eigenvalue weighted by atomic mass is 16.5. The second-order valence-electron chi connectivity index (χ2n) is 8.90. The first kappa shape index (κ1) is 18.6. The van der Waals surface area contributed by atoms with Gasteiger partial charge in [0.25, 0.3) is 0 Å². The SMILES string of the molecule is NC(=O)[C@@H](Cc1cc2c3c(c1)nc(N1CCc4nccnc4C1)n3CCCO2)C1CC1. The van der Waals surface area contributed by atoms with Gasteiger partial charge in [-0.15, -0.1) is 0 Å². The van der Waals surface area contributed by atoms with E-state index in [0.29, 0.717) is 25.5 Å². The van der Waals surface area contributed by atoms with Crippen LogP contribution in [-0.2, 0) is 30.7 Å². The molecule has 0 saturated heterocycles. The predicted octanol–water partition coefficient (Wildman–Crippen LogP) is 2.23. The van der Waals surface area contributed by atoms with Gasteiger partial charge >= 0.3 is 0 Å². The minimum atomic E-state index is -0.200. The van der Waals surface area contributed by atoms with Gasteiger partial charge in [0, 0.05) is 37.8 Å². The van der Waals surface area contributed by atoms with E-state index in [-0.39, 0.29) is 11.8 Å². The molecule has 1 saturated carbocycles. The van der Waals surface area contributed by atoms with Crippen LogP contribution in [0.4, 0.5) is 5.95 Å². The Hall–Kier alpha value is -3.16. The molecule has 31 heavy (non-hydrogen) atoms. The van der Waals surface area contributed by atoms with Crippen molar-refractivity contribution < 1.29 is 9.53 Å². The van der Waals surface area contributed by atoms with Gasteiger partial charge in [-0.25, -0.2) is 4.98 Å². The van der Waals surface area contributed by atoms with Crippen molar-refractivity contribution in [3.8, 4) is 5.75 Å². The van der Waals surface area contributed by atoms with Gasteiger partial charge in [-0.1, -0.05) is 0 Å². The molecular weight excluding hydrogens is 392 g/mol. The molecule has 1 atom stereocenters. The highest BCUT2D eigenvalue weighted by Crippen LogP contribution is 2.40. The van der Waals surface area contributed by atoms with Crippen LogP contribution in [0.2, 0.25) is 0 Å². The Bertz CT molecular complexity index is 1170. The zero-order valence-corrected chi connectivity index (χ0v) is 17.5. The van der Waals surface area contributed by atoms with E-state index in [9.17, 15) is 4.79 Å². The van der Waals surface area contributed by atoms with E-state index >= 15 is 0 Å². The van der Waals surface area contributed by atoms with Gasteiger partial charge in [-0.3, -0.25) is 14.8 Å². The summed E-state index contributed by atoms with van der Waals surface area (Å²) in [6.45, 7) is 3.12. The summed E-state index contributed by atoms with van der Waals surface area (Å²) < 4.78 is 8.41. The molecule has 0 bridgehead atoms. The maximum absolute atomic E-state index is 12.0. The van der Waals surface area contributed by atoms with Crippen molar-refractivity contribution in [3.63, 3.8) is 0 Å². The minimum Gasteiger partial charge on any atom is -0.491 e. The number of aryl methyl sites for hydroxylation is 1. The molecule has 4 heterocycles. The Balaban J connectivity index is 1.39. The number of anilines is 1. The Morgan fingerprint density at radius 2 is 2.03 bits per heavy atom. The van der Waals surface area contributed by atoms with Gasteiger partial charge in [0.2, 0.25) is 11.9 Å². The maximum atomic E-state index is 12.0. The number of fused-ring (bicyclic) bond motifs is 1. The van der Waals surface area contributed by atoms with Crippen LogP contribution < -0.4 is 15.4 Å². The number of rotatable bonds is 5. The summed E-state index contributed by atoms with van der Waals surface area (Å²) in [6, 6.07) is 4.20. The largest absolute Gasteiger partial charge is 0.491 e. The number of carbonyl (C=O) groups is 1. The van der Waals surface area contributed by atoms with Crippen LogP contribution in [0, 0.1) is 11.8 Å². The van der Waals surface area contributed by atoms with Crippen molar-refractivity contribution in [2.75, 3.05) is 18.1 Å². The van der Waals surface area contributed by atoms with E-state index in [0.717, 1.165) is 78.5 Å². The van der Waals surface area contributed by atoms with E-state index in [1.807, 2.05) is 0 Å². The van der Waals surface area contributed by atoms with Crippen LogP contribution in [0.5, 0.6) is 5.75 Å². The number of benzene rings is 1. The van der Waals surface area contributed by atoms with E-state index in [2.05, 4.69) is 31.6 Å². The summed E-state index contributed by atoms with van der Waals surface area (Å²) in [5.74, 6) is 1.95. The van der Waals surface area contributed by atoms with Crippen molar-refractivity contribution in [1.82, 2.24) is 19.5 Å². The van der Waals surface area contributed by atoms with Crippen molar-refractivity contribution in [3.05, 3.63) is 41.5 Å². The number of hydrogen-bond donors (Lipinski definition) is 1. The van der Waals surface area contributed by atoms with Crippen LogP contribution in [0.25, 0.3) is 11.0 Å². The number of primary amides is 1. The Morgan fingerprint density at radius 3 is 2.84 bits per heavy atom. The number of imidazole rings is 1. The highest BCUT2D eigenvalue weighted by Gasteiger charge is 2.35. The summed E-state index contributed by atoms with van der Waals surface area (Å²) >= 11 is 0. The van der Waals surface area contributed by atoms with Gasteiger partial charge in [-0.2, -0.15) is 0 Å². The molecule has 160 valence electrons. The van der Waals surface area contributed by atoms with Crippen LogP contribution in [0.1, 0.15) is 36.2 Å². The lowest BCUT2D eigenvalue weighted by Crippen LogP contribution is -2.33. The first-order valence-corrected chi connectivity index (χ1v) is 11.2. The van der Waals surface area contributed by atoms with Crippen LogP contribution >= 0.6 is 0 Å². The number of ether oxygens (including phenoxy) is 1. The number of amides is 1. The summed E-state index contributed by atoms with van der Waals surface area (Å²) in [5, 5.41) is 0. The molecule has 2 aromatic heterocycles. The number of nitrogens with zero attached hydrogens (tertiary/aromatic N) is 5. The monoisotopic (exact) mass is 418 g/mol. The lowest BCUT2D eigenvalue weighted by Gasteiger charge is -2.28. The quantitative estimate of drug-likeness (QED) is 0.682. The molecule has 2 aliphatic heterocycles. The second kappa shape index (κ2) is 7.21. The fourth-order valence-electron chi connectivity index (χ4n) is 5.02. The van der Waals surface area contributed by atoms with Crippen molar-refractivity contribution in [2.45, 2.75) is 45.2 Å². The average Bonchev–Trinajstić information content (AvgIpc) is 3.57. The third-order valence-corrected chi connectivity index (χ3v) is 6.74. The topological polar surface area (TPSA) is 99.2 Å². The lowest BCUT2D eigenvalue weighted by molar-refractivity contribution is -0.122. The molecule has 0 radical (unpaired) electrons. The molecular formula is C23H26N6O2. The number of aromatic nitrogens is 4. The van der Waals surface area contributed by atoms with Gasteiger partial charge in [0.1, 0.15) is 11.3 Å². The molecule has 1 aliphatic carbocycles. The lowest BCUT2D eigenvalue weighted by atomic mass is 9.94. The smallest absolute Gasteiger partial charge is 0.221 e. The Labute approximate surface area is 180 Å². The van der Waals surface area contributed by atoms with E-state index in [1.54, 1.807) is 12.4 Å². The number of hydrogen-bond acceptors (Lipinski definition) is 6. The summed E-state index contributed by atoms with van der Waals surface area (Å²) in [5.41, 5.74) is 10.8. The van der Waals surface area contributed by atoms with E-state index in [1.165, 1.54) is 0 Å². The van der Waals surface area contributed by atoms with Crippen molar-refractivity contribution in [2.24, 2.45) is 17.6 Å². The molecule has 8 nitrogen and oxygen atoms in total. The third-order valence-electron chi connectivity index (χ3n) is 6.74. The van der Waals surface area contributed by atoms with Gasteiger partial charge in [0.05, 0.1) is 30.1 Å². The third kappa shape index (κ3) is 3.30. The fourth-order valence-corrected chi connectivity index (χ4v) is 5.02. The highest BCUT2D eigenvalue weighted by molar-refractivity contribution is 5.86. The molecule has 0 unspecified atom stereocenters. The Kier molecular flexibility index (Phi) is 4.33. The average molecular weight is 419 g/mol. The van der Waals surface area contributed by atoms with Gasteiger partial charge in [-0.05, 0) is 49.3 Å². The molecule has 3 aliphatic rings. The molecule has 1 aromatic carbocycles. The molecule has 0 spiro atoms. The maximum Gasteiger partial charge on any atom is 0.221 e. The molecule has 3 aromatic rings. The molecule has 8 heteroatoms. The molecule has 1 amide bonds. The predicted molar refractivity (Wildman–Crippen MR) is 116 cm³/mol. The fraction of sp³-hybridized carbons (Fsp3) is 0.478. The van der Waals surface area contributed by atoms with Gasteiger partial charge < -0.3 is 19.9 Å². The zero-order chi connectivity index (χ0) is 20.9. The second-order valence-corrected chi connectivity index (χ2v) is 8.90. The van der Waals surface area contributed by atoms with Crippen molar-refractivity contribution in [1.29, 1.82) is 0 Å². The van der Waals surface area contributed by atoms with Crippen LogP contribution in [0.3, 0.4) is 0 Å². The molecule has 1 fully saturated rings. The first-order chi connectivity index (χ1) is 15.2. The Morgan fingerprint density at radius 1 is 1.19 bits per heavy atom.